The van der Waals surface area contributed by atoms with Crippen LogP contribution in [0.5, 0.6) is 0 Å². The van der Waals surface area contributed by atoms with Crippen molar-refractivity contribution in [3.8, 4) is 0 Å². The number of nitrogens with zero attached hydrogens (tertiary/aromatic N) is 1. The summed E-state index contributed by atoms with van der Waals surface area (Å²) in [7, 11) is -3.44. The lowest BCUT2D eigenvalue weighted by molar-refractivity contribution is -0.157. The minimum Gasteiger partial charge on any atom is -0.480 e. The first-order valence-corrected chi connectivity index (χ1v) is 6.83. The Kier molecular flexibility index (Phi) is 4.48. The molecule has 1 aliphatic rings. The van der Waals surface area contributed by atoms with Crippen LogP contribution >= 0.6 is 0 Å². The van der Waals surface area contributed by atoms with Crippen molar-refractivity contribution in [3.63, 3.8) is 0 Å². The Bertz CT molecular complexity index is 375. The summed E-state index contributed by atoms with van der Waals surface area (Å²) in [4.78, 5) is 10.3. The largest absolute Gasteiger partial charge is 0.480 e. The maximum absolute atomic E-state index is 11.6. The molecule has 0 bridgehead atoms. The van der Waals surface area contributed by atoms with E-state index in [0.29, 0.717) is 6.54 Å². The summed E-state index contributed by atoms with van der Waals surface area (Å²) in [6.45, 7) is 3.91. The number of ether oxygens (including phenoxy) is 1. The van der Waals surface area contributed by atoms with Crippen LogP contribution in [0.1, 0.15) is 20.3 Å². The first-order chi connectivity index (χ1) is 7.79. The number of nitrogens with one attached hydrogen (secondary N) is 1. The van der Waals surface area contributed by atoms with Crippen molar-refractivity contribution in [2.24, 2.45) is 0 Å². The second-order valence-electron chi connectivity index (χ2n) is 4.30. The van der Waals surface area contributed by atoms with E-state index in [9.17, 15) is 13.2 Å². The molecule has 0 aromatic rings. The third-order valence-electron chi connectivity index (χ3n) is 2.44. The topological polar surface area (TPSA) is 95.9 Å². The fraction of sp³-hybridized carbons (Fsp3) is 0.889. The highest BCUT2D eigenvalue weighted by atomic mass is 32.2. The molecule has 0 saturated carbocycles. The van der Waals surface area contributed by atoms with Crippen LogP contribution in [-0.2, 0) is 19.7 Å². The van der Waals surface area contributed by atoms with Crippen LogP contribution in [0.3, 0.4) is 0 Å². The van der Waals surface area contributed by atoms with Gasteiger partial charge >= 0.3 is 5.97 Å². The summed E-state index contributed by atoms with van der Waals surface area (Å²) in [6.07, 6.45) is 0.722. The fourth-order valence-electron chi connectivity index (χ4n) is 1.52. The fourth-order valence-corrected chi connectivity index (χ4v) is 3.05. The van der Waals surface area contributed by atoms with Crippen molar-refractivity contribution in [1.29, 1.82) is 0 Å². The molecule has 0 aromatic carbocycles. The zero-order valence-corrected chi connectivity index (χ0v) is 10.8. The Morgan fingerprint density at radius 1 is 1.53 bits per heavy atom. The van der Waals surface area contributed by atoms with E-state index in [4.69, 9.17) is 9.84 Å². The van der Waals surface area contributed by atoms with Gasteiger partial charge in [0.1, 0.15) is 6.61 Å². The molecule has 0 radical (unpaired) electrons. The normalized spacial score (nSPS) is 19.9. The number of carboxylic acid groups (broad SMARTS) is 1. The summed E-state index contributed by atoms with van der Waals surface area (Å²) in [6, 6.07) is 0. The van der Waals surface area contributed by atoms with E-state index in [1.54, 1.807) is 6.92 Å². The third-order valence-corrected chi connectivity index (χ3v) is 3.95. The smallest absolute Gasteiger partial charge is 0.329 e. The molecule has 1 rings (SSSR count). The molecule has 1 saturated heterocycles. The van der Waals surface area contributed by atoms with Crippen LogP contribution in [0.2, 0.25) is 0 Å². The van der Waals surface area contributed by atoms with Gasteiger partial charge in [0, 0.05) is 19.6 Å². The van der Waals surface area contributed by atoms with E-state index in [0.717, 1.165) is 6.42 Å². The van der Waals surface area contributed by atoms with Crippen molar-refractivity contribution in [2.45, 2.75) is 25.9 Å². The van der Waals surface area contributed by atoms with Gasteiger partial charge in [-0.1, -0.05) is 6.92 Å². The monoisotopic (exact) mass is 266 g/mol. The van der Waals surface area contributed by atoms with Crippen LogP contribution in [0.25, 0.3) is 0 Å². The van der Waals surface area contributed by atoms with Gasteiger partial charge < -0.3 is 9.84 Å². The van der Waals surface area contributed by atoms with Crippen molar-refractivity contribution in [2.75, 3.05) is 26.2 Å². The van der Waals surface area contributed by atoms with Gasteiger partial charge in [0.15, 0.2) is 0 Å². The maximum Gasteiger partial charge on any atom is 0.329 e. The average Bonchev–Trinajstić information content (AvgIpc) is 2.19. The third kappa shape index (κ3) is 3.91. The lowest BCUT2D eigenvalue weighted by atomic mass is 10.0. The molecule has 0 amide bonds. The molecule has 0 atom stereocenters. The number of hydrogen-bond donors (Lipinski definition) is 2. The molecule has 1 heterocycles. The van der Waals surface area contributed by atoms with Crippen LogP contribution in [0.15, 0.2) is 0 Å². The van der Waals surface area contributed by atoms with Gasteiger partial charge in [-0.25, -0.2) is 9.52 Å². The van der Waals surface area contributed by atoms with Gasteiger partial charge in [0.2, 0.25) is 0 Å². The number of hydrogen-bond acceptors (Lipinski definition) is 4. The maximum atomic E-state index is 11.6. The van der Waals surface area contributed by atoms with Gasteiger partial charge in [-0.3, -0.25) is 0 Å². The summed E-state index contributed by atoms with van der Waals surface area (Å²) in [5.74, 6) is -1.06. The lowest BCUT2D eigenvalue weighted by Crippen LogP contribution is -2.65. The van der Waals surface area contributed by atoms with Crippen molar-refractivity contribution < 1.29 is 23.1 Å². The minimum atomic E-state index is -3.44. The van der Waals surface area contributed by atoms with Crippen molar-refractivity contribution in [3.05, 3.63) is 0 Å². The predicted molar refractivity (Wildman–Crippen MR) is 60.8 cm³/mol. The molecule has 7 nitrogen and oxygen atoms in total. The molecular formula is C9H18N2O5S. The number of carbonyl (C=O) groups is 1. The molecule has 8 heteroatoms. The summed E-state index contributed by atoms with van der Waals surface area (Å²) in [5.41, 5.74) is -0.695. The predicted octanol–water partition coefficient (Wildman–Crippen LogP) is -0.594. The van der Waals surface area contributed by atoms with Crippen LogP contribution < -0.4 is 4.72 Å². The number of rotatable bonds is 7. The first-order valence-electron chi connectivity index (χ1n) is 5.39. The van der Waals surface area contributed by atoms with E-state index >= 15 is 0 Å². The molecule has 0 aromatic heterocycles. The highest BCUT2D eigenvalue weighted by Gasteiger charge is 2.45. The summed E-state index contributed by atoms with van der Waals surface area (Å²) >= 11 is 0. The van der Waals surface area contributed by atoms with Gasteiger partial charge in [-0.05, 0) is 13.3 Å². The van der Waals surface area contributed by atoms with E-state index in [1.807, 2.05) is 6.92 Å². The highest BCUT2D eigenvalue weighted by Crippen LogP contribution is 2.26. The molecule has 1 fully saturated rings. The second kappa shape index (κ2) is 5.30. The van der Waals surface area contributed by atoms with E-state index in [-0.39, 0.29) is 13.1 Å². The molecule has 100 valence electrons. The van der Waals surface area contributed by atoms with Gasteiger partial charge in [0.25, 0.3) is 10.2 Å². The first kappa shape index (κ1) is 14.4. The van der Waals surface area contributed by atoms with Crippen LogP contribution in [0, 0.1) is 0 Å². The molecule has 17 heavy (non-hydrogen) atoms. The number of carboxylic acids is 1. The Hall–Kier alpha value is -0.700. The van der Waals surface area contributed by atoms with E-state index < -0.39 is 28.4 Å². The quantitative estimate of drug-likeness (QED) is 0.642. The molecule has 0 spiro atoms. The molecular weight excluding hydrogens is 248 g/mol. The molecule has 0 unspecified atom stereocenters. The second-order valence-corrected chi connectivity index (χ2v) is 6.05. The molecule has 2 N–H and O–H groups in total. The Balaban J connectivity index is 2.42. The lowest BCUT2D eigenvalue weighted by Gasteiger charge is -2.45. The summed E-state index contributed by atoms with van der Waals surface area (Å²) in [5, 5.41) is 8.47. The summed E-state index contributed by atoms with van der Waals surface area (Å²) < 4.78 is 32.1. The van der Waals surface area contributed by atoms with Crippen molar-refractivity contribution >= 4 is 16.2 Å². The Morgan fingerprint density at radius 2 is 2.12 bits per heavy atom. The average molecular weight is 266 g/mol. The minimum absolute atomic E-state index is 0.180. The van der Waals surface area contributed by atoms with E-state index in [1.165, 1.54) is 4.31 Å². The van der Waals surface area contributed by atoms with Crippen LogP contribution in [-0.4, -0.2) is 55.6 Å². The number of aliphatic carboxylic acids is 1. The van der Waals surface area contributed by atoms with Crippen LogP contribution in [0.4, 0.5) is 0 Å². The zero-order chi connectivity index (χ0) is 13.1. The zero-order valence-electron chi connectivity index (χ0n) is 9.97. The van der Waals surface area contributed by atoms with Gasteiger partial charge in [-0.2, -0.15) is 12.7 Å². The Labute approximate surface area is 101 Å². The van der Waals surface area contributed by atoms with Gasteiger partial charge in [0.05, 0.1) is 5.60 Å². The molecule has 1 aliphatic heterocycles. The van der Waals surface area contributed by atoms with Crippen molar-refractivity contribution in [1.82, 2.24) is 9.03 Å². The highest BCUT2D eigenvalue weighted by molar-refractivity contribution is 7.87. The standard InChI is InChI=1S/C9H18N2O5S/c1-3-4-10-17(14,15)11-6-9(2,7-11)16-5-8(12)13/h10H,3-7H2,1-2H3,(H,12,13). The molecule has 0 aliphatic carbocycles. The van der Waals surface area contributed by atoms with E-state index in [2.05, 4.69) is 4.72 Å². The van der Waals surface area contributed by atoms with Gasteiger partial charge in [-0.15, -0.1) is 0 Å². The SMILES string of the molecule is CCCNS(=O)(=O)N1CC(C)(OCC(=O)O)C1. The Morgan fingerprint density at radius 3 is 2.59 bits per heavy atom.